The second-order valence-corrected chi connectivity index (χ2v) is 23.2. The molecule has 0 bridgehead atoms. The molecule has 4 nitrogen and oxygen atoms in total. The first-order chi connectivity index (χ1) is 41.0. The van der Waals surface area contributed by atoms with Gasteiger partial charge in [0.05, 0.1) is 5.41 Å². The standard InChI is InChI=1S/C80H66N4/c1-53-12-25-60(26-13-53)81(61-27-14-54(2)15-28-61)66-37-41-68(42-38-66)83(64-33-20-57(5)21-34-64)70-45-48-77-74(51-70)75-52-71(46-49-78(75)80(77)76-11-9-8-10-72(76)73-47-24-59(7)50-79(73)80)84(65-35-22-58(6)23-36-65)69-43-39-67(40-44-69)82(62-29-16-55(3)17-30-62)63-31-18-56(4)19-32-63/h8-52H,1-7H3. The van der Waals surface area contributed by atoms with Gasteiger partial charge in [0.15, 0.2) is 0 Å². The molecule has 0 heterocycles. The zero-order chi connectivity index (χ0) is 57.2. The summed E-state index contributed by atoms with van der Waals surface area (Å²) in [6.07, 6.45) is 0. The van der Waals surface area contributed by atoms with Crippen LogP contribution in [0.3, 0.4) is 0 Å². The molecule has 12 aromatic carbocycles. The molecule has 0 saturated heterocycles. The van der Waals surface area contributed by atoms with Crippen molar-refractivity contribution in [1.82, 2.24) is 0 Å². The van der Waals surface area contributed by atoms with Crippen LogP contribution in [0.5, 0.6) is 0 Å². The highest BCUT2D eigenvalue weighted by molar-refractivity contribution is 5.98. The number of hydrogen-bond acceptors (Lipinski definition) is 4. The molecular formula is C80H66N4. The van der Waals surface area contributed by atoms with Gasteiger partial charge in [-0.05, 0) is 239 Å². The van der Waals surface area contributed by atoms with Gasteiger partial charge in [0, 0.05) is 68.2 Å². The predicted octanol–water partition coefficient (Wildman–Crippen LogP) is 22.1. The van der Waals surface area contributed by atoms with Crippen molar-refractivity contribution >= 4 is 68.2 Å². The second-order valence-electron chi connectivity index (χ2n) is 23.2. The van der Waals surface area contributed by atoms with E-state index in [1.807, 2.05) is 0 Å². The SMILES string of the molecule is Cc1ccc(N(c2ccc(C)cc2)c2ccc(N(c3ccc(C)cc3)c3ccc4c(c3)-c3cc(N(c5ccc(C)cc5)c5ccc(N(c6ccc(C)cc6)c6ccc(C)cc6)cc5)ccc3C43c4ccccc4-c4ccc(C)cc43)cc2)cc1. The lowest BCUT2D eigenvalue weighted by atomic mass is 9.70. The van der Waals surface area contributed by atoms with Crippen molar-refractivity contribution in [2.75, 3.05) is 19.6 Å². The van der Waals surface area contributed by atoms with Gasteiger partial charge in [-0.1, -0.05) is 166 Å². The van der Waals surface area contributed by atoms with Crippen LogP contribution >= 0.6 is 0 Å². The average molecular weight is 1080 g/mol. The molecule has 14 rings (SSSR count). The van der Waals surface area contributed by atoms with E-state index in [4.69, 9.17) is 0 Å². The number of rotatable bonds is 12. The summed E-state index contributed by atoms with van der Waals surface area (Å²) in [5.74, 6) is 0. The lowest BCUT2D eigenvalue weighted by Gasteiger charge is -2.32. The Bertz CT molecular complexity index is 4060. The zero-order valence-corrected chi connectivity index (χ0v) is 48.8. The highest BCUT2D eigenvalue weighted by Gasteiger charge is 2.52. The summed E-state index contributed by atoms with van der Waals surface area (Å²) in [5, 5.41) is 0. The van der Waals surface area contributed by atoms with Crippen molar-refractivity contribution in [2.45, 2.75) is 53.9 Å². The van der Waals surface area contributed by atoms with Gasteiger partial charge >= 0.3 is 0 Å². The van der Waals surface area contributed by atoms with Crippen LogP contribution in [0.4, 0.5) is 68.2 Å². The molecule has 2 aliphatic carbocycles. The minimum Gasteiger partial charge on any atom is -0.311 e. The monoisotopic (exact) mass is 1080 g/mol. The minimum absolute atomic E-state index is 0.544. The Hall–Kier alpha value is -10.2. The van der Waals surface area contributed by atoms with Crippen molar-refractivity contribution in [3.05, 3.63) is 334 Å². The Morgan fingerprint density at radius 2 is 0.405 bits per heavy atom. The molecule has 0 radical (unpaired) electrons. The van der Waals surface area contributed by atoms with Crippen LogP contribution in [0.2, 0.25) is 0 Å². The van der Waals surface area contributed by atoms with Gasteiger partial charge < -0.3 is 19.6 Å². The Morgan fingerprint density at radius 3 is 0.714 bits per heavy atom. The maximum absolute atomic E-state index is 2.47. The predicted molar refractivity (Wildman–Crippen MR) is 355 cm³/mol. The lowest BCUT2D eigenvalue weighted by molar-refractivity contribution is 0.792. The summed E-state index contributed by atoms with van der Waals surface area (Å²) in [6, 6.07) is 102. The van der Waals surface area contributed by atoms with E-state index in [2.05, 4.69) is 341 Å². The quantitative estimate of drug-likeness (QED) is 0.121. The smallest absolute Gasteiger partial charge is 0.0725 e. The molecule has 0 saturated carbocycles. The molecule has 4 heteroatoms. The van der Waals surface area contributed by atoms with E-state index in [-0.39, 0.29) is 0 Å². The molecule has 84 heavy (non-hydrogen) atoms. The molecule has 406 valence electrons. The summed E-state index contributed by atoms with van der Waals surface area (Å²) >= 11 is 0. The zero-order valence-electron chi connectivity index (χ0n) is 48.8. The summed E-state index contributed by atoms with van der Waals surface area (Å²) in [5.41, 5.74) is 31.5. The third-order valence-electron chi connectivity index (χ3n) is 17.3. The van der Waals surface area contributed by atoms with Crippen molar-refractivity contribution < 1.29 is 0 Å². The van der Waals surface area contributed by atoms with E-state index in [0.717, 1.165) is 68.2 Å². The maximum Gasteiger partial charge on any atom is 0.0725 e. The van der Waals surface area contributed by atoms with Crippen LogP contribution in [0.25, 0.3) is 22.3 Å². The van der Waals surface area contributed by atoms with Crippen molar-refractivity contribution in [1.29, 1.82) is 0 Å². The fraction of sp³-hybridized carbons (Fsp3) is 0.100. The van der Waals surface area contributed by atoms with Gasteiger partial charge in [-0.25, -0.2) is 0 Å². The van der Waals surface area contributed by atoms with Crippen molar-refractivity contribution in [3.8, 4) is 22.3 Å². The van der Waals surface area contributed by atoms with Crippen LogP contribution in [-0.4, -0.2) is 0 Å². The molecule has 0 aromatic heterocycles. The Morgan fingerprint density at radius 1 is 0.179 bits per heavy atom. The van der Waals surface area contributed by atoms with E-state index in [1.165, 1.54) is 83.5 Å². The molecule has 12 aromatic rings. The van der Waals surface area contributed by atoms with Gasteiger partial charge in [0.2, 0.25) is 0 Å². The Labute approximate surface area is 495 Å². The largest absolute Gasteiger partial charge is 0.311 e. The summed E-state index contributed by atoms with van der Waals surface area (Å²) in [4.78, 5) is 9.55. The normalized spacial score (nSPS) is 12.3. The van der Waals surface area contributed by atoms with Crippen LogP contribution in [0.1, 0.15) is 61.2 Å². The number of hydrogen-bond donors (Lipinski definition) is 0. The van der Waals surface area contributed by atoms with E-state index in [9.17, 15) is 0 Å². The number of anilines is 12. The third kappa shape index (κ3) is 9.03. The number of benzene rings is 12. The molecule has 0 atom stereocenters. The number of fused-ring (bicyclic) bond motifs is 10. The van der Waals surface area contributed by atoms with Crippen LogP contribution in [0.15, 0.2) is 273 Å². The van der Waals surface area contributed by atoms with Gasteiger partial charge in [0.1, 0.15) is 0 Å². The molecular weight excluding hydrogens is 1020 g/mol. The molecule has 0 N–H and O–H groups in total. The molecule has 1 spiro atoms. The van der Waals surface area contributed by atoms with E-state index >= 15 is 0 Å². The van der Waals surface area contributed by atoms with Crippen molar-refractivity contribution in [2.24, 2.45) is 0 Å². The fourth-order valence-corrected chi connectivity index (χ4v) is 13.0. The lowest BCUT2D eigenvalue weighted by Crippen LogP contribution is -2.26. The van der Waals surface area contributed by atoms with E-state index in [0.29, 0.717) is 0 Å². The fourth-order valence-electron chi connectivity index (χ4n) is 13.0. The number of aryl methyl sites for hydroxylation is 7. The topological polar surface area (TPSA) is 13.0 Å². The molecule has 0 aliphatic heterocycles. The molecule has 0 unspecified atom stereocenters. The van der Waals surface area contributed by atoms with Crippen LogP contribution in [-0.2, 0) is 5.41 Å². The first-order valence-corrected chi connectivity index (χ1v) is 29.3. The summed E-state index contributed by atoms with van der Waals surface area (Å²) in [6.45, 7) is 15.1. The molecule has 0 fully saturated rings. The number of nitrogens with zero attached hydrogens (tertiary/aromatic N) is 4. The van der Waals surface area contributed by atoms with Crippen LogP contribution in [0, 0.1) is 48.5 Å². The van der Waals surface area contributed by atoms with Gasteiger partial charge in [0.25, 0.3) is 0 Å². The maximum atomic E-state index is 2.47. The van der Waals surface area contributed by atoms with E-state index in [1.54, 1.807) is 0 Å². The van der Waals surface area contributed by atoms with Gasteiger partial charge in [-0.2, -0.15) is 0 Å². The molecule has 0 amide bonds. The van der Waals surface area contributed by atoms with E-state index < -0.39 is 5.41 Å². The van der Waals surface area contributed by atoms with Crippen molar-refractivity contribution in [3.63, 3.8) is 0 Å². The first kappa shape index (κ1) is 52.0. The summed E-state index contributed by atoms with van der Waals surface area (Å²) in [7, 11) is 0. The van der Waals surface area contributed by atoms with Gasteiger partial charge in [-0.3, -0.25) is 0 Å². The average Bonchev–Trinajstić information content (AvgIpc) is 2.38. The van der Waals surface area contributed by atoms with Crippen LogP contribution < -0.4 is 19.6 Å². The van der Waals surface area contributed by atoms with Gasteiger partial charge in [-0.15, -0.1) is 0 Å². The Kier molecular flexibility index (Phi) is 13.0. The summed E-state index contributed by atoms with van der Waals surface area (Å²) < 4.78 is 0. The first-order valence-electron chi connectivity index (χ1n) is 29.3. The Balaban J connectivity index is 0.943. The minimum atomic E-state index is -0.544. The highest BCUT2D eigenvalue weighted by Crippen LogP contribution is 2.64. The highest BCUT2D eigenvalue weighted by atomic mass is 15.2. The second kappa shape index (κ2) is 21.0. The third-order valence-corrected chi connectivity index (χ3v) is 17.3. The molecule has 2 aliphatic rings.